The fourth-order valence-electron chi connectivity index (χ4n) is 3.21. The summed E-state index contributed by atoms with van der Waals surface area (Å²) in [6, 6.07) is 10.6. The number of methoxy groups -OCH3 is 3. The van der Waals surface area contributed by atoms with Crippen LogP contribution in [0.2, 0.25) is 0 Å². The number of nitrogens with one attached hydrogen (secondary N) is 1. The van der Waals surface area contributed by atoms with E-state index in [0.717, 1.165) is 17.5 Å². The zero-order valence-corrected chi connectivity index (χ0v) is 16.3. The summed E-state index contributed by atoms with van der Waals surface area (Å²) in [5, 5.41) is 2.68. The molecule has 7 nitrogen and oxygen atoms in total. The molecule has 0 spiro atoms. The number of ether oxygens (including phenoxy) is 3. The minimum atomic E-state index is -0.292. The van der Waals surface area contributed by atoms with Crippen LogP contribution in [0.25, 0.3) is 0 Å². The lowest BCUT2D eigenvalue weighted by Crippen LogP contribution is -2.42. The topological polar surface area (TPSA) is 77.1 Å². The third kappa shape index (κ3) is 4.19. The Morgan fingerprint density at radius 3 is 2.21 bits per heavy atom. The van der Waals surface area contributed by atoms with Crippen molar-refractivity contribution in [3.05, 3.63) is 53.1 Å². The van der Waals surface area contributed by atoms with Crippen LogP contribution in [0.3, 0.4) is 0 Å². The first-order chi connectivity index (χ1) is 13.5. The van der Waals surface area contributed by atoms with Crippen molar-refractivity contribution >= 4 is 11.8 Å². The molecular weight excluding hydrogens is 360 g/mol. The number of carbonyl (C=O) groups excluding carboxylic acids is 2. The van der Waals surface area contributed by atoms with Crippen molar-refractivity contribution in [1.29, 1.82) is 0 Å². The number of hydrogen-bond donors (Lipinski definition) is 1. The van der Waals surface area contributed by atoms with E-state index in [1.165, 1.54) is 0 Å². The molecule has 0 unspecified atom stereocenters. The Kier molecular flexibility index (Phi) is 6.03. The zero-order chi connectivity index (χ0) is 20.1. The van der Waals surface area contributed by atoms with Gasteiger partial charge in [0.1, 0.15) is 5.75 Å². The number of rotatable bonds is 6. The predicted octanol–water partition coefficient (Wildman–Crippen LogP) is 2.03. The Balaban J connectivity index is 1.60. The predicted molar refractivity (Wildman–Crippen MR) is 104 cm³/mol. The second-order valence-corrected chi connectivity index (χ2v) is 6.45. The molecule has 7 heteroatoms. The second kappa shape index (κ2) is 8.65. The molecular formula is C21H24N2O5. The fourth-order valence-corrected chi connectivity index (χ4v) is 3.21. The van der Waals surface area contributed by atoms with Crippen LogP contribution in [0.15, 0.2) is 36.4 Å². The van der Waals surface area contributed by atoms with Crippen molar-refractivity contribution in [3.63, 3.8) is 0 Å². The van der Waals surface area contributed by atoms with E-state index in [-0.39, 0.29) is 18.4 Å². The van der Waals surface area contributed by atoms with Gasteiger partial charge in [0.05, 0.1) is 27.9 Å². The van der Waals surface area contributed by atoms with Crippen molar-refractivity contribution in [3.8, 4) is 17.2 Å². The average Bonchev–Trinajstić information content (AvgIpc) is 2.75. The molecule has 1 N–H and O–H groups in total. The molecule has 0 bridgehead atoms. The number of amides is 2. The van der Waals surface area contributed by atoms with Gasteiger partial charge in [-0.1, -0.05) is 0 Å². The largest absolute Gasteiger partial charge is 0.497 e. The van der Waals surface area contributed by atoms with Crippen LogP contribution in [-0.2, 0) is 17.8 Å². The van der Waals surface area contributed by atoms with Gasteiger partial charge in [-0.05, 0) is 53.9 Å². The zero-order valence-electron chi connectivity index (χ0n) is 16.3. The first-order valence-electron chi connectivity index (χ1n) is 8.99. The van der Waals surface area contributed by atoms with Gasteiger partial charge in [0.15, 0.2) is 11.5 Å². The van der Waals surface area contributed by atoms with Gasteiger partial charge in [-0.3, -0.25) is 9.59 Å². The number of benzene rings is 2. The summed E-state index contributed by atoms with van der Waals surface area (Å²) in [6.45, 7) is 1.03. The van der Waals surface area contributed by atoms with Gasteiger partial charge in [-0.2, -0.15) is 0 Å². The van der Waals surface area contributed by atoms with E-state index in [9.17, 15) is 9.59 Å². The first kappa shape index (κ1) is 19.5. The normalized spacial score (nSPS) is 12.8. The maximum absolute atomic E-state index is 12.6. The third-order valence-corrected chi connectivity index (χ3v) is 4.82. The van der Waals surface area contributed by atoms with Crippen molar-refractivity contribution in [1.82, 2.24) is 10.2 Å². The van der Waals surface area contributed by atoms with Crippen molar-refractivity contribution in [2.75, 3.05) is 34.4 Å². The van der Waals surface area contributed by atoms with E-state index in [4.69, 9.17) is 14.2 Å². The summed E-state index contributed by atoms with van der Waals surface area (Å²) in [4.78, 5) is 26.5. The molecule has 2 aromatic rings. The summed E-state index contributed by atoms with van der Waals surface area (Å²) in [5.41, 5.74) is 2.65. The van der Waals surface area contributed by atoms with E-state index in [1.807, 2.05) is 12.1 Å². The number of nitrogens with zero attached hydrogens (tertiary/aromatic N) is 1. The Hall–Kier alpha value is -3.22. The van der Waals surface area contributed by atoms with Crippen LogP contribution < -0.4 is 19.5 Å². The standard InChI is InChI=1S/C21H24N2O5/c1-26-17-6-4-14(5-7-17)21(25)22-12-20(24)23-9-8-15-10-18(27-2)19(28-3)11-16(15)13-23/h4-7,10-11H,8-9,12-13H2,1-3H3,(H,22,25). The maximum Gasteiger partial charge on any atom is 0.251 e. The van der Waals surface area contributed by atoms with Crippen LogP contribution in [-0.4, -0.2) is 51.1 Å². The van der Waals surface area contributed by atoms with Crippen molar-refractivity contribution in [2.45, 2.75) is 13.0 Å². The van der Waals surface area contributed by atoms with Crippen LogP contribution in [0.1, 0.15) is 21.5 Å². The Morgan fingerprint density at radius 1 is 0.964 bits per heavy atom. The van der Waals surface area contributed by atoms with E-state index in [1.54, 1.807) is 50.5 Å². The smallest absolute Gasteiger partial charge is 0.251 e. The molecule has 2 amide bonds. The lowest BCUT2D eigenvalue weighted by atomic mass is 9.98. The molecule has 2 aromatic carbocycles. The van der Waals surface area contributed by atoms with Gasteiger partial charge in [-0.25, -0.2) is 0 Å². The molecule has 1 aliphatic rings. The summed E-state index contributed by atoms with van der Waals surface area (Å²) in [6.07, 6.45) is 0.730. The molecule has 0 fully saturated rings. The molecule has 28 heavy (non-hydrogen) atoms. The summed E-state index contributed by atoms with van der Waals surface area (Å²) in [7, 11) is 4.76. The minimum absolute atomic E-state index is 0.0481. The molecule has 1 heterocycles. The van der Waals surface area contributed by atoms with Crippen LogP contribution in [0, 0.1) is 0 Å². The molecule has 148 valence electrons. The van der Waals surface area contributed by atoms with Gasteiger partial charge in [0, 0.05) is 18.7 Å². The van der Waals surface area contributed by atoms with Crippen molar-refractivity contribution < 1.29 is 23.8 Å². The fraction of sp³-hybridized carbons (Fsp3) is 0.333. The molecule has 0 aliphatic carbocycles. The molecule has 0 aromatic heterocycles. The molecule has 0 saturated heterocycles. The lowest BCUT2D eigenvalue weighted by Gasteiger charge is -2.29. The Morgan fingerprint density at radius 2 is 1.61 bits per heavy atom. The van der Waals surface area contributed by atoms with Crippen molar-refractivity contribution in [2.24, 2.45) is 0 Å². The van der Waals surface area contributed by atoms with E-state index >= 15 is 0 Å². The third-order valence-electron chi connectivity index (χ3n) is 4.82. The van der Waals surface area contributed by atoms with Gasteiger partial charge >= 0.3 is 0 Å². The lowest BCUT2D eigenvalue weighted by molar-refractivity contribution is -0.131. The van der Waals surface area contributed by atoms with E-state index < -0.39 is 0 Å². The van der Waals surface area contributed by atoms with E-state index in [0.29, 0.717) is 35.9 Å². The molecule has 0 atom stereocenters. The maximum atomic E-state index is 12.6. The highest BCUT2D eigenvalue weighted by Gasteiger charge is 2.23. The number of hydrogen-bond acceptors (Lipinski definition) is 5. The summed E-state index contributed by atoms with van der Waals surface area (Å²) >= 11 is 0. The molecule has 3 rings (SSSR count). The number of fused-ring (bicyclic) bond motifs is 1. The summed E-state index contributed by atoms with van der Waals surface area (Å²) in [5.74, 6) is 1.59. The monoisotopic (exact) mass is 384 g/mol. The second-order valence-electron chi connectivity index (χ2n) is 6.45. The summed E-state index contributed by atoms with van der Waals surface area (Å²) < 4.78 is 15.8. The van der Waals surface area contributed by atoms with Crippen LogP contribution in [0.4, 0.5) is 0 Å². The highest BCUT2D eigenvalue weighted by molar-refractivity contribution is 5.96. The van der Waals surface area contributed by atoms with Gasteiger partial charge in [0.25, 0.3) is 5.91 Å². The Labute approximate surface area is 164 Å². The Bertz CT molecular complexity index is 864. The quantitative estimate of drug-likeness (QED) is 0.825. The SMILES string of the molecule is COc1ccc(C(=O)NCC(=O)N2CCc3cc(OC)c(OC)cc3C2)cc1. The van der Waals surface area contributed by atoms with Gasteiger partial charge in [-0.15, -0.1) is 0 Å². The van der Waals surface area contributed by atoms with Crippen LogP contribution in [0.5, 0.6) is 17.2 Å². The minimum Gasteiger partial charge on any atom is -0.497 e. The van der Waals surface area contributed by atoms with Gasteiger partial charge in [0.2, 0.25) is 5.91 Å². The molecule has 0 saturated carbocycles. The molecule has 1 aliphatic heterocycles. The van der Waals surface area contributed by atoms with Gasteiger partial charge < -0.3 is 24.4 Å². The van der Waals surface area contributed by atoms with E-state index in [2.05, 4.69) is 5.32 Å². The first-order valence-corrected chi connectivity index (χ1v) is 8.99. The highest BCUT2D eigenvalue weighted by Crippen LogP contribution is 2.33. The van der Waals surface area contributed by atoms with Crippen LogP contribution >= 0.6 is 0 Å². The number of carbonyl (C=O) groups is 2. The molecule has 0 radical (unpaired) electrons. The average molecular weight is 384 g/mol. The highest BCUT2D eigenvalue weighted by atomic mass is 16.5.